The van der Waals surface area contributed by atoms with Crippen LogP contribution in [-0.2, 0) is 11.2 Å². The second-order valence-corrected chi connectivity index (χ2v) is 6.38. The second-order valence-electron chi connectivity index (χ2n) is 6.38. The molecule has 0 heterocycles. The van der Waals surface area contributed by atoms with Crippen LogP contribution in [0.15, 0.2) is 24.3 Å². The van der Waals surface area contributed by atoms with Gasteiger partial charge in [-0.25, -0.2) is 0 Å². The molecule has 0 aliphatic rings. The van der Waals surface area contributed by atoms with Gasteiger partial charge in [-0.15, -0.1) is 0 Å². The normalized spacial score (nSPS) is 14.4. The van der Waals surface area contributed by atoms with Gasteiger partial charge in [-0.05, 0) is 43.4 Å². The molecular weight excluding hydrogens is 258 g/mol. The maximum absolute atomic E-state index is 5.98. The standard InChI is InChI=1S/C19H33NO/c1-6-8-16(5)21-14-19(20-7-2)18-11-9-17(10-12-18)13-15(3)4/h9-12,15-16,19-20H,6-8,13-14H2,1-5H3. The van der Waals surface area contributed by atoms with Gasteiger partial charge in [0.25, 0.3) is 0 Å². The first kappa shape index (κ1) is 18.2. The van der Waals surface area contributed by atoms with Gasteiger partial charge in [0.05, 0.1) is 18.8 Å². The van der Waals surface area contributed by atoms with Gasteiger partial charge in [-0.3, -0.25) is 0 Å². The number of benzene rings is 1. The summed E-state index contributed by atoms with van der Waals surface area (Å²) in [6, 6.07) is 9.31. The van der Waals surface area contributed by atoms with Crippen LogP contribution in [0, 0.1) is 5.92 Å². The molecule has 0 saturated carbocycles. The van der Waals surface area contributed by atoms with E-state index < -0.39 is 0 Å². The number of nitrogens with one attached hydrogen (secondary N) is 1. The molecular formula is C19H33NO. The van der Waals surface area contributed by atoms with Crippen molar-refractivity contribution in [2.24, 2.45) is 5.92 Å². The summed E-state index contributed by atoms with van der Waals surface area (Å²) in [5.41, 5.74) is 2.75. The van der Waals surface area contributed by atoms with Gasteiger partial charge >= 0.3 is 0 Å². The molecule has 2 nitrogen and oxygen atoms in total. The Morgan fingerprint density at radius 3 is 2.24 bits per heavy atom. The number of likely N-dealkylation sites (N-methyl/N-ethyl adjacent to an activating group) is 1. The summed E-state index contributed by atoms with van der Waals surface area (Å²) in [5, 5.41) is 3.53. The van der Waals surface area contributed by atoms with Gasteiger partial charge in [-0.2, -0.15) is 0 Å². The molecule has 0 fully saturated rings. The molecule has 2 heteroatoms. The van der Waals surface area contributed by atoms with E-state index in [0.717, 1.165) is 26.0 Å². The minimum Gasteiger partial charge on any atom is -0.377 e. The molecule has 1 N–H and O–H groups in total. The van der Waals surface area contributed by atoms with Crippen LogP contribution in [0.5, 0.6) is 0 Å². The fourth-order valence-corrected chi connectivity index (χ4v) is 2.63. The zero-order valence-electron chi connectivity index (χ0n) is 14.5. The summed E-state index contributed by atoms with van der Waals surface area (Å²) in [6.45, 7) is 12.8. The molecule has 1 rings (SSSR count). The van der Waals surface area contributed by atoms with Crippen LogP contribution in [0.4, 0.5) is 0 Å². The van der Waals surface area contributed by atoms with Crippen LogP contribution < -0.4 is 5.32 Å². The van der Waals surface area contributed by atoms with Crippen LogP contribution in [0.25, 0.3) is 0 Å². The monoisotopic (exact) mass is 291 g/mol. The minimum absolute atomic E-state index is 0.294. The Balaban J connectivity index is 2.62. The molecule has 0 aliphatic carbocycles. The topological polar surface area (TPSA) is 21.3 Å². The molecule has 0 saturated heterocycles. The highest BCUT2D eigenvalue weighted by molar-refractivity contribution is 5.25. The van der Waals surface area contributed by atoms with Crippen molar-refractivity contribution >= 4 is 0 Å². The first-order valence-corrected chi connectivity index (χ1v) is 8.50. The average Bonchev–Trinajstić information content (AvgIpc) is 2.44. The van der Waals surface area contributed by atoms with Crippen LogP contribution in [0.3, 0.4) is 0 Å². The lowest BCUT2D eigenvalue weighted by Gasteiger charge is -2.21. The lowest BCUT2D eigenvalue weighted by molar-refractivity contribution is 0.0442. The molecule has 0 bridgehead atoms. The lowest BCUT2D eigenvalue weighted by atomic mass is 9.99. The fourth-order valence-electron chi connectivity index (χ4n) is 2.63. The fraction of sp³-hybridized carbons (Fsp3) is 0.684. The van der Waals surface area contributed by atoms with E-state index in [1.54, 1.807) is 0 Å². The largest absolute Gasteiger partial charge is 0.377 e. The van der Waals surface area contributed by atoms with E-state index in [4.69, 9.17) is 4.74 Å². The summed E-state index contributed by atoms with van der Waals surface area (Å²) in [7, 11) is 0. The quantitative estimate of drug-likeness (QED) is 0.672. The van der Waals surface area contributed by atoms with Gasteiger partial charge in [0.1, 0.15) is 0 Å². The van der Waals surface area contributed by atoms with E-state index in [9.17, 15) is 0 Å². The van der Waals surface area contributed by atoms with Gasteiger partial charge in [0, 0.05) is 0 Å². The van der Waals surface area contributed by atoms with Crippen molar-refractivity contribution in [3.63, 3.8) is 0 Å². The minimum atomic E-state index is 0.294. The van der Waals surface area contributed by atoms with Gasteiger partial charge < -0.3 is 10.1 Å². The summed E-state index contributed by atoms with van der Waals surface area (Å²) in [5.74, 6) is 0.707. The SMILES string of the molecule is CCCC(C)OCC(NCC)c1ccc(CC(C)C)cc1. The van der Waals surface area contributed by atoms with Crippen molar-refractivity contribution < 1.29 is 4.74 Å². The van der Waals surface area contributed by atoms with E-state index in [2.05, 4.69) is 64.2 Å². The maximum Gasteiger partial charge on any atom is 0.0665 e. The molecule has 0 radical (unpaired) electrons. The predicted molar refractivity (Wildman–Crippen MR) is 91.7 cm³/mol. The Bertz CT molecular complexity index is 372. The smallest absolute Gasteiger partial charge is 0.0665 e. The highest BCUT2D eigenvalue weighted by atomic mass is 16.5. The van der Waals surface area contributed by atoms with E-state index in [1.165, 1.54) is 17.5 Å². The molecule has 120 valence electrons. The zero-order valence-corrected chi connectivity index (χ0v) is 14.5. The van der Waals surface area contributed by atoms with E-state index in [0.29, 0.717) is 18.1 Å². The summed E-state index contributed by atoms with van der Waals surface area (Å²) < 4.78 is 5.98. The van der Waals surface area contributed by atoms with Crippen molar-refractivity contribution in [1.29, 1.82) is 0 Å². The van der Waals surface area contributed by atoms with Crippen molar-refractivity contribution in [1.82, 2.24) is 5.32 Å². The van der Waals surface area contributed by atoms with Crippen molar-refractivity contribution in [3.05, 3.63) is 35.4 Å². The van der Waals surface area contributed by atoms with Crippen molar-refractivity contribution in [3.8, 4) is 0 Å². The zero-order chi connectivity index (χ0) is 15.7. The predicted octanol–water partition coefficient (Wildman–Crippen LogP) is 4.74. The molecule has 1 aromatic rings. The number of hydrogen-bond acceptors (Lipinski definition) is 2. The molecule has 2 unspecified atom stereocenters. The third-order valence-electron chi connectivity index (χ3n) is 3.72. The third-order valence-corrected chi connectivity index (χ3v) is 3.72. The third kappa shape index (κ3) is 7.10. The van der Waals surface area contributed by atoms with E-state index >= 15 is 0 Å². The molecule has 0 aliphatic heterocycles. The highest BCUT2D eigenvalue weighted by Crippen LogP contribution is 2.17. The van der Waals surface area contributed by atoms with Crippen LogP contribution in [-0.4, -0.2) is 19.3 Å². The Morgan fingerprint density at radius 1 is 1.05 bits per heavy atom. The Kier molecular flexibility index (Phi) is 8.63. The van der Waals surface area contributed by atoms with Crippen LogP contribution >= 0.6 is 0 Å². The number of ether oxygens (including phenoxy) is 1. The molecule has 1 aromatic carbocycles. The van der Waals surface area contributed by atoms with Crippen molar-refractivity contribution in [2.75, 3.05) is 13.2 Å². The summed E-state index contributed by atoms with van der Waals surface area (Å²) >= 11 is 0. The van der Waals surface area contributed by atoms with Gasteiger partial charge in [0.2, 0.25) is 0 Å². The van der Waals surface area contributed by atoms with E-state index in [1.807, 2.05) is 0 Å². The Hall–Kier alpha value is -0.860. The summed E-state index contributed by atoms with van der Waals surface area (Å²) in [6.07, 6.45) is 3.80. The number of rotatable bonds is 10. The molecule has 2 atom stereocenters. The lowest BCUT2D eigenvalue weighted by Crippen LogP contribution is -2.27. The molecule has 0 aromatic heterocycles. The average molecular weight is 291 g/mol. The Morgan fingerprint density at radius 2 is 1.71 bits per heavy atom. The van der Waals surface area contributed by atoms with Crippen LogP contribution in [0.1, 0.15) is 64.6 Å². The maximum atomic E-state index is 5.98. The summed E-state index contributed by atoms with van der Waals surface area (Å²) in [4.78, 5) is 0. The first-order chi connectivity index (χ1) is 10.1. The molecule has 0 spiro atoms. The molecule has 0 amide bonds. The van der Waals surface area contributed by atoms with Crippen molar-refractivity contribution in [2.45, 2.75) is 66.0 Å². The second kappa shape index (κ2) is 9.97. The van der Waals surface area contributed by atoms with Gasteiger partial charge in [0.15, 0.2) is 0 Å². The van der Waals surface area contributed by atoms with Crippen LogP contribution in [0.2, 0.25) is 0 Å². The van der Waals surface area contributed by atoms with Gasteiger partial charge in [-0.1, -0.05) is 58.4 Å². The van der Waals surface area contributed by atoms with E-state index in [-0.39, 0.29) is 0 Å². The molecule has 21 heavy (non-hydrogen) atoms. The highest BCUT2D eigenvalue weighted by Gasteiger charge is 2.12. The Labute approximate surface area is 131 Å². The number of hydrogen-bond donors (Lipinski definition) is 1. The first-order valence-electron chi connectivity index (χ1n) is 8.50.